The molecule has 39 heavy (non-hydrogen) atoms. The molecule has 0 aliphatic carbocycles. The lowest BCUT2D eigenvalue weighted by molar-refractivity contribution is -0.918. The van der Waals surface area contributed by atoms with Crippen molar-refractivity contribution >= 4 is 27.7 Å². The van der Waals surface area contributed by atoms with E-state index >= 15 is 0 Å². The van der Waals surface area contributed by atoms with Crippen molar-refractivity contribution in [1.29, 1.82) is 0 Å². The highest BCUT2D eigenvalue weighted by Gasteiger charge is 2.26. The number of aromatic amines is 1. The van der Waals surface area contributed by atoms with Crippen molar-refractivity contribution in [2.75, 3.05) is 27.3 Å². The standard InChI is InChI=1S/C32H32N4O3/c1-38-23-12-13-29(39-2)26(18-23)31-30-25(24-10-6-7-11-27(24)34-30)19-28(35-31)32(37)33-22-14-16-36(17-15-22)20-21-8-4-3-5-9-21/h3-13,18-19,22,34H,14-17,20H2,1-2H3,(H,33,37)/p+1. The molecule has 2 aromatic heterocycles. The van der Waals surface area contributed by atoms with Crippen LogP contribution in [0.2, 0.25) is 0 Å². The van der Waals surface area contributed by atoms with Crippen LogP contribution in [0.1, 0.15) is 28.9 Å². The molecule has 3 heterocycles. The Balaban J connectivity index is 1.30. The number of hydrogen-bond donors (Lipinski definition) is 3. The number of amides is 1. The summed E-state index contributed by atoms with van der Waals surface area (Å²) in [7, 11) is 3.27. The zero-order valence-electron chi connectivity index (χ0n) is 22.3. The molecule has 1 fully saturated rings. The van der Waals surface area contributed by atoms with Crippen LogP contribution in [0.4, 0.5) is 0 Å². The van der Waals surface area contributed by atoms with Gasteiger partial charge in [0, 0.05) is 46.3 Å². The summed E-state index contributed by atoms with van der Waals surface area (Å²) in [5, 5.41) is 5.27. The topological polar surface area (TPSA) is 80.7 Å². The minimum Gasteiger partial charge on any atom is -0.497 e. The van der Waals surface area contributed by atoms with Gasteiger partial charge in [-0.1, -0.05) is 48.5 Å². The lowest BCUT2D eigenvalue weighted by Crippen LogP contribution is -3.12. The van der Waals surface area contributed by atoms with Gasteiger partial charge in [0.1, 0.15) is 23.7 Å². The number of benzene rings is 3. The Morgan fingerprint density at radius 1 is 0.949 bits per heavy atom. The van der Waals surface area contributed by atoms with Crippen LogP contribution in [0, 0.1) is 0 Å². The van der Waals surface area contributed by atoms with Crippen molar-refractivity contribution in [3.05, 3.63) is 90.1 Å². The van der Waals surface area contributed by atoms with Crippen LogP contribution in [0.15, 0.2) is 78.9 Å². The van der Waals surface area contributed by atoms with E-state index in [0.29, 0.717) is 22.9 Å². The van der Waals surface area contributed by atoms with E-state index < -0.39 is 0 Å². The zero-order valence-corrected chi connectivity index (χ0v) is 22.3. The fourth-order valence-corrected chi connectivity index (χ4v) is 5.65. The van der Waals surface area contributed by atoms with Crippen molar-refractivity contribution in [3.8, 4) is 22.8 Å². The molecule has 1 aliphatic rings. The average Bonchev–Trinajstić information content (AvgIpc) is 3.36. The summed E-state index contributed by atoms with van der Waals surface area (Å²) in [6.07, 6.45) is 1.89. The third-order valence-corrected chi connectivity index (χ3v) is 7.72. The van der Waals surface area contributed by atoms with Crippen molar-refractivity contribution in [2.24, 2.45) is 0 Å². The highest BCUT2D eigenvalue weighted by molar-refractivity contribution is 6.13. The predicted octanol–water partition coefficient (Wildman–Crippen LogP) is 4.38. The van der Waals surface area contributed by atoms with Crippen molar-refractivity contribution in [1.82, 2.24) is 15.3 Å². The molecular weight excluding hydrogens is 488 g/mol. The molecule has 6 rings (SSSR count). The van der Waals surface area contributed by atoms with E-state index in [4.69, 9.17) is 14.5 Å². The SMILES string of the molecule is COc1ccc(OC)c(-c2nc(C(=O)NC3CC[NH+](Cc4ccccc4)CC3)cc3c2[nH]c2ccccc23)c1. The molecule has 7 nitrogen and oxygen atoms in total. The number of pyridine rings is 1. The highest BCUT2D eigenvalue weighted by atomic mass is 16.5. The molecule has 0 radical (unpaired) electrons. The van der Waals surface area contributed by atoms with E-state index in [0.717, 1.165) is 59.8 Å². The monoisotopic (exact) mass is 521 g/mol. The first-order valence-electron chi connectivity index (χ1n) is 13.4. The second-order valence-electron chi connectivity index (χ2n) is 10.2. The van der Waals surface area contributed by atoms with Gasteiger partial charge in [-0.25, -0.2) is 4.98 Å². The van der Waals surface area contributed by atoms with Crippen LogP contribution in [0.3, 0.4) is 0 Å². The number of hydrogen-bond acceptors (Lipinski definition) is 4. The molecule has 0 spiro atoms. The lowest BCUT2D eigenvalue weighted by atomic mass is 10.0. The maximum absolute atomic E-state index is 13.6. The molecular formula is C32H33N4O3+. The first-order valence-corrected chi connectivity index (χ1v) is 13.4. The third-order valence-electron chi connectivity index (χ3n) is 7.72. The predicted molar refractivity (Wildman–Crippen MR) is 153 cm³/mol. The third kappa shape index (κ3) is 5.05. The number of piperidine rings is 1. The van der Waals surface area contributed by atoms with Gasteiger partial charge in [0.25, 0.3) is 5.91 Å². The van der Waals surface area contributed by atoms with Gasteiger partial charge in [-0.2, -0.15) is 0 Å². The van der Waals surface area contributed by atoms with Crippen LogP contribution < -0.4 is 19.7 Å². The summed E-state index contributed by atoms with van der Waals surface area (Å²) in [5.41, 5.74) is 5.02. The van der Waals surface area contributed by atoms with Crippen molar-refractivity contribution < 1.29 is 19.2 Å². The number of carbonyl (C=O) groups excluding carboxylic acids is 1. The van der Waals surface area contributed by atoms with Gasteiger partial charge in [0.05, 0.1) is 38.5 Å². The van der Waals surface area contributed by atoms with Gasteiger partial charge in [0.15, 0.2) is 0 Å². The summed E-state index contributed by atoms with van der Waals surface area (Å²) >= 11 is 0. The Kier molecular flexibility index (Phi) is 6.90. The minimum absolute atomic E-state index is 0.132. The Hall–Kier alpha value is -4.36. The van der Waals surface area contributed by atoms with Gasteiger partial charge in [-0.3, -0.25) is 4.79 Å². The number of rotatable bonds is 7. The Morgan fingerprint density at radius 2 is 1.72 bits per heavy atom. The average molecular weight is 522 g/mol. The molecule has 198 valence electrons. The van der Waals surface area contributed by atoms with Crippen LogP contribution in [0.5, 0.6) is 11.5 Å². The molecule has 0 unspecified atom stereocenters. The van der Waals surface area contributed by atoms with Gasteiger partial charge in [-0.15, -0.1) is 0 Å². The highest BCUT2D eigenvalue weighted by Crippen LogP contribution is 2.38. The second kappa shape index (κ2) is 10.8. The van der Waals surface area contributed by atoms with E-state index in [1.165, 1.54) is 5.56 Å². The normalized spacial score (nSPS) is 17.3. The molecule has 1 saturated heterocycles. The number of nitrogens with one attached hydrogen (secondary N) is 3. The minimum atomic E-state index is -0.151. The molecule has 3 N–H and O–H groups in total. The first kappa shape index (κ1) is 24.9. The number of likely N-dealkylation sites (tertiary alicyclic amines) is 1. The Morgan fingerprint density at radius 3 is 2.49 bits per heavy atom. The van der Waals surface area contributed by atoms with Crippen LogP contribution in [-0.4, -0.2) is 49.2 Å². The molecule has 0 saturated carbocycles. The van der Waals surface area contributed by atoms with E-state index in [2.05, 4.69) is 46.7 Å². The van der Waals surface area contributed by atoms with E-state index in [1.54, 1.807) is 19.1 Å². The Bertz CT molecular complexity index is 1620. The zero-order chi connectivity index (χ0) is 26.8. The van der Waals surface area contributed by atoms with Gasteiger partial charge in [-0.05, 0) is 30.3 Å². The van der Waals surface area contributed by atoms with Crippen LogP contribution >= 0.6 is 0 Å². The number of carbonyl (C=O) groups is 1. The number of methoxy groups -OCH3 is 2. The fourth-order valence-electron chi connectivity index (χ4n) is 5.65. The molecule has 0 atom stereocenters. The molecule has 7 heteroatoms. The molecule has 0 bridgehead atoms. The van der Waals surface area contributed by atoms with Crippen LogP contribution in [-0.2, 0) is 6.54 Å². The molecule has 1 aliphatic heterocycles. The molecule has 1 amide bonds. The number of fused-ring (bicyclic) bond motifs is 3. The maximum atomic E-state index is 13.6. The summed E-state index contributed by atoms with van der Waals surface area (Å²) in [4.78, 5) is 23.6. The summed E-state index contributed by atoms with van der Waals surface area (Å²) in [6.45, 7) is 3.08. The largest absolute Gasteiger partial charge is 0.497 e. The maximum Gasteiger partial charge on any atom is 0.270 e. The summed E-state index contributed by atoms with van der Waals surface area (Å²) in [6, 6.07) is 26.4. The second-order valence-corrected chi connectivity index (χ2v) is 10.2. The van der Waals surface area contributed by atoms with Gasteiger partial charge in [0.2, 0.25) is 0 Å². The van der Waals surface area contributed by atoms with Gasteiger partial charge < -0.3 is 24.7 Å². The smallest absolute Gasteiger partial charge is 0.270 e. The molecule has 3 aromatic carbocycles. The van der Waals surface area contributed by atoms with E-state index in [9.17, 15) is 4.79 Å². The van der Waals surface area contributed by atoms with Crippen molar-refractivity contribution in [3.63, 3.8) is 0 Å². The fraction of sp³-hybridized carbons (Fsp3) is 0.250. The molecule has 5 aromatic rings. The lowest BCUT2D eigenvalue weighted by Gasteiger charge is -2.29. The number of aromatic nitrogens is 2. The summed E-state index contributed by atoms with van der Waals surface area (Å²) < 4.78 is 11.2. The first-order chi connectivity index (χ1) is 19.1. The number of ether oxygens (including phenoxy) is 2. The quantitative estimate of drug-likeness (QED) is 0.297. The summed E-state index contributed by atoms with van der Waals surface area (Å²) in [5.74, 6) is 1.20. The van der Waals surface area contributed by atoms with E-state index in [1.807, 2.05) is 42.5 Å². The number of nitrogens with zero attached hydrogens (tertiary/aromatic N) is 1. The van der Waals surface area contributed by atoms with Gasteiger partial charge >= 0.3 is 0 Å². The Labute approximate surface area is 227 Å². The van der Waals surface area contributed by atoms with Crippen LogP contribution in [0.25, 0.3) is 33.1 Å². The number of quaternary nitrogens is 1. The number of para-hydroxylation sites is 1. The number of H-pyrrole nitrogens is 1. The van der Waals surface area contributed by atoms with E-state index in [-0.39, 0.29) is 11.9 Å². The van der Waals surface area contributed by atoms with Crippen molar-refractivity contribution in [2.45, 2.75) is 25.4 Å².